The van der Waals surface area contributed by atoms with Gasteiger partial charge in [0.2, 0.25) is 0 Å². The van der Waals surface area contributed by atoms with Crippen molar-refractivity contribution in [3.63, 3.8) is 0 Å². The number of rotatable bonds is 2. The van der Waals surface area contributed by atoms with Crippen molar-refractivity contribution in [1.29, 1.82) is 0 Å². The Bertz CT molecular complexity index is 482. The van der Waals surface area contributed by atoms with Crippen LogP contribution in [0.25, 0.3) is 10.8 Å². The van der Waals surface area contributed by atoms with E-state index in [9.17, 15) is 0 Å². The van der Waals surface area contributed by atoms with Crippen LogP contribution in [0.4, 0.5) is 0 Å². The van der Waals surface area contributed by atoms with Crippen LogP contribution in [0.2, 0.25) is 0 Å². The predicted molar refractivity (Wildman–Crippen MR) is 70.2 cm³/mol. The molecule has 0 radical (unpaired) electrons. The van der Waals surface area contributed by atoms with Gasteiger partial charge in [0, 0.05) is 17.8 Å². The second-order valence-electron chi connectivity index (χ2n) is 3.67. The van der Waals surface area contributed by atoms with Crippen LogP contribution < -0.4 is 4.74 Å². The first-order chi connectivity index (χ1) is 7.16. The van der Waals surface area contributed by atoms with E-state index in [1.807, 2.05) is 32.2 Å². The molecule has 1 aromatic heterocycles. The third-order valence-electron chi connectivity index (χ3n) is 2.05. The summed E-state index contributed by atoms with van der Waals surface area (Å²) in [7, 11) is 0. The standard InChI is InChI=1S/C12H12INO/c1-8(2)15-12-6-10-7-14-4-3-9(10)5-11(12)13/h3-8H,1-2H3. The molecule has 15 heavy (non-hydrogen) atoms. The second-order valence-corrected chi connectivity index (χ2v) is 4.83. The number of pyridine rings is 1. The molecule has 0 aliphatic heterocycles. The number of fused-ring (bicyclic) bond motifs is 1. The van der Waals surface area contributed by atoms with Crippen molar-refractivity contribution >= 4 is 33.4 Å². The van der Waals surface area contributed by atoms with E-state index in [-0.39, 0.29) is 6.10 Å². The van der Waals surface area contributed by atoms with Gasteiger partial charge in [-0.05, 0) is 60.0 Å². The molecular formula is C12H12INO. The monoisotopic (exact) mass is 313 g/mol. The van der Waals surface area contributed by atoms with E-state index in [2.05, 4.69) is 33.6 Å². The first-order valence-electron chi connectivity index (χ1n) is 4.87. The third-order valence-corrected chi connectivity index (χ3v) is 2.90. The van der Waals surface area contributed by atoms with Crippen LogP contribution in [0.5, 0.6) is 5.75 Å². The quantitative estimate of drug-likeness (QED) is 0.790. The number of benzene rings is 1. The molecule has 2 aromatic rings. The van der Waals surface area contributed by atoms with Crippen molar-refractivity contribution < 1.29 is 4.74 Å². The van der Waals surface area contributed by atoms with Crippen molar-refractivity contribution in [3.8, 4) is 5.75 Å². The smallest absolute Gasteiger partial charge is 0.133 e. The van der Waals surface area contributed by atoms with Crippen molar-refractivity contribution in [1.82, 2.24) is 4.98 Å². The van der Waals surface area contributed by atoms with Crippen LogP contribution in [-0.2, 0) is 0 Å². The molecule has 2 rings (SSSR count). The van der Waals surface area contributed by atoms with Gasteiger partial charge in [-0.15, -0.1) is 0 Å². The molecule has 78 valence electrons. The minimum absolute atomic E-state index is 0.202. The van der Waals surface area contributed by atoms with Gasteiger partial charge in [-0.1, -0.05) is 0 Å². The van der Waals surface area contributed by atoms with Crippen LogP contribution in [0, 0.1) is 3.57 Å². The molecule has 0 atom stereocenters. The fourth-order valence-corrected chi connectivity index (χ4v) is 2.05. The molecule has 0 unspecified atom stereocenters. The van der Waals surface area contributed by atoms with Crippen molar-refractivity contribution in [3.05, 3.63) is 34.2 Å². The minimum atomic E-state index is 0.202. The highest BCUT2D eigenvalue weighted by Crippen LogP contribution is 2.27. The molecule has 0 N–H and O–H groups in total. The lowest BCUT2D eigenvalue weighted by Crippen LogP contribution is -2.06. The maximum atomic E-state index is 5.72. The Balaban J connectivity index is 2.52. The minimum Gasteiger partial charge on any atom is -0.490 e. The van der Waals surface area contributed by atoms with Crippen LogP contribution in [0.15, 0.2) is 30.6 Å². The molecule has 0 saturated carbocycles. The summed E-state index contributed by atoms with van der Waals surface area (Å²) in [6, 6.07) is 6.18. The molecule has 0 fully saturated rings. The van der Waals surface area contributed by atoms with Crippen LogP contribution in [-0.4, -0.2) is 11.1 Å². The fraction of sp³-hybridized carbons (Fsp3) is 0.250. The van der Waals surface area contributed by atoms with Gasteiger partial charge in [-0.3, -0.25) is 4.98 Å². The van der Waals surface area contributed by atoms with E-state index in [4.69, 9.17) is 4.74 Å². The lowest BCUT2D eigenvalue weighted by atomic mass is 10.2. The van der Waals surface area contributed by atoms with Gasteiger partial charge in [0.05, 0.1) is 9.67 Å². The summed E-state index contributed by atoms with van der Waals surface area (Å²) in [5, 5.41) is 2.32. The molecule has 0 bridgehead atoms. The summed E-state index contributed by atoms with van der Waals surface area (Å²) in [6.07, 6.45) is 3.87. The fourth-order valence-electron chi connectivity index (χ4n) is 1.43. The summed E-state index contributed by atoms with van der Waals surface area (Å²) >= 11 is 2.30. The molecule has 0 aliphatic rings. The topological polar surface area (TPSA) is 22.1 Å². The van der Waals surface area contributed by atoms with Gasteiger partial charge in [0.1, 0.15) is 5.75 Å². The van der Waals surface area contributed by atoms with Gasteiger partial charge in [-0.25, -0.2) is 0 Å². The highest BCUT2D eigenvalue weighted by Gasteiger charge is 2.05. The first kappa shape index (κ1) is 10.7. The van der Waals surface area contributed by atoms with Gasteiger partial charge in [0.15, 0.2) is 0 Å². The molecule has 0 amide bonds. The summed E-state index contributed by atoms with van der Waals surface area (Å²) in [5.41, 5.74) is 0. The Morgan fingerprint density at radius 3 is 2.80 bits per heavy atom. The average Bonchev–Trinajstić information content (AvgIpc) is 2.18. The number of ether oxygens (including phenoxy) is 1. The van der Waals surface area contributed by atoms with E-state index in [0.29, 0.717) is 0 Å². The Morgan fingerprint density at radius 1 is 1.27 bits per heavy atom. The lowest BCUT2D eigenvalue weighted by molar-refractivity contribution is 0.241. The number of aromatic nitrogens is 1. The zero-order chi connectivity index (χ0) is 10.8. The van der Waals surface area contributed by atoms with E-state index in [0.717, 1.165) is 14.7 Å². The van der Waals surface area contributed by atoms with Gasteiger partial charge in [0.25, 0.3) is 0 Å². The molecule has 1 aromatic carbocycles. The summed E-state index contributed by atoms with van der Waals surface area (Å²) < 4.78 is 6.86. The maximum absolute atomic E-state index is 5.72. The summed E-state index contributed by atoms with van der Waals surface area (Å²) in [6.45, 7) is 4.06. The van der Waals surface area contributed by atoms with E-state index >= 15 is 0 Å². The molecular weight excluding hydrogens is 301 g/mol. The predicted octanol–water partition coefficient (Wildman–Crippen LogP) is 3.63. The summed E-state index contributed by atoms with van der Waals surface area (Å²) in [4.78, 5) is 4.10. The Hall–Kier alpha value is -0.840. The number of halogens is 1. The largest absolute Gasteiger partial charge is 0.490 e. The molecule has 2 nitrogen and oxygen atoms in total. The van der Waals surface area contributed by atoms with Gasteiger partial charge < -0.3 is 4.74 Å². The Labute approximate surface area is 103 Å². The first-order valence-corrected chi connectivity index (χ1v) is 5.94. The average molecular weight is 313 g/mol. The van der Waals surface area contributed by atoms with Crippen molar-refractivity contribution in [2.75, 3.05) is 0 Å². The van der Waals surface area contributed by atoms with Crippen LogP contribution >= 0.6 is 22.6 Å². The Morgan fingerprint density at radius 2 is 2.07 bits per heavy atom. The highest BCUT2D eigenvalue weighted by atomic mass is 127. The maximum Gasteiger partial charge on any atom is 0.133 e. The molecule has 0 aliphatic carbocycles. The summed E-state index contributed by atoms with van der Waals surface area (Å²) in [5.74, 6) is 0.936. The van der Waals surface area contributed by atoms with E-state index < -0.39 is 0 Å². The molecule has 3 heteroatoms. The zero-order valence-corrected chi connectivity index (χ0v) is 10.9. The number of nitrogens with zero attached hydrogens (tertiary/aromatic N) is 1. The number of hydrogen-bond acceptors (Lipinski definition) is 2. The second kappa shape index (κ2) is 4.35. The molecule has 0 saturated heterocycles. The van der Waals surface area contributed by atoms with E-state index in [1.54, 1.807) is 6.20 Å². The molecule has 0 spiro atoms. The highest BCUT2D eigenvalue weighted by molar-refractivity contribution is 14.1. The van der Waals surface area contributed by atoms with Crippen LogP contribution in [0.1, 0.15) is 13.8 Å². The SMILES string of the molecule is CC(C)Oc1cc2cnccc2cc1I. The van der Waals surface area contributed by atoms with Gasteiger partial charge in [-0.2, -0.15) is 0 Å². The molecule has 1 heterocycles. The van der Waals surface area contributed by atoms with Gasteiger partial charge >= 0.3 is 0 Å². The third kappa shape index (κ3) is 2.40. The van der Waals surface area contributed by atoms with Crippen LogP contribution in [0.3, 0.4) is 0 Å². The number of hydrogen-bond donors (Lipinski definition) is 0. The lowest BCUT2D eigenvalue weighted by Gasteiger charge is -2.12. The van der Waals surface area contributed by atoms with Crippen molar-refractivity contribution in [2.24, 2.45) is 0 Å². The zero-order valence-electron chi connectivity index (χ0n) is 8.70. The Kier molecular flexibility index (Phi) is 3.09. The van der Waals surface area contributed by atoms with E-state index in [1.165, 1.54) is 5.39 Å². The normalized spacial score (nSPS) is 10.9. The van der Waals surface area contributed by atoms with Crippen molar-refractivity contribution in [2.45, 2.75) is 20.0 Å².